The highest BCUT2D eigenvalue weighted by atomic mass is 16.2. The van der Waals surface area contributed by atoms with E-state index >= 15 is 0 Å². The van der Waals surface area contributed by atoms with Crippen LogP contribution < -0.4 is 0 Å². The first-order valence-corrected chi connectivity index (χ1v) is 7.86. The molecule has 1 amide bonds. The van der Waals surface area contributed by atoms with Crippen LogP contribution in [0.3, 0.4) is 0 Å². The number of fused-ring (bicyclic) bond motifs is 1. The fourth-order valence-corrected chi connectivity index (χ4v) is 3.34. The molecule has 1 aromatic carbocycles. The summed E-state index contributed by atoms with van der Waals surface area (Å²) in [7, 11) is 0. The van der Waals surface area contributed by atoms with Crippen molar-refractivity contribution in [2.45, 2.75) is 19.3 Å². The molecule has 0 spiro atoms. The van der Waals surface area contributed by atoms with Crippen LogP contribution in [0.1, 0.15) is 34.0 Å². The number of benzene rings is 1. The van der Waals surface area contributed by atoms with Gasteiger partial charge >= 0.3 is 0 Å². The lowest BCUT2D eigenvalue weighted by molar-refractivity contribution is 0.0791. The molecule has 1 saturated heterocycles. The van der Waals surface area contributed by atoms with Crippen molar-refractivity contribution < 1.29 is 4.79 Å². The lowest BCUT2D eigenvalue weighted by atomic mass is 10.0. The molecule has 0 bridgehead atoms. The van der Waals surface area contributed by atoms with E-state index in [0.717, 1.165) is 41.7 Å². The number of likely N-dealkylation sites (tertiary alicyclic amines) is 1. The van der Waals surface area contributed by atoms with Gasteiger partial charge in [-0.2, -0.15) is 5.10 Å². The highest BCUT2D eigenvalue weighted by molar-refractivity contribution is 5.98. The van der Waals surface area contributed by atoms with Gasteiger partial charge in [0.05, 0.1) is 11.7 Å². The van der Waals surface area contributed by atoms with Gasteiger partial charge in [-0.3, -0.25) is 14.9 Å². The summed E-state index contributed by atoms with van der Waals surface area (Å²) in [5.74, 6) is 0.444. The Morgan fingerprint density at radius 2 is 2.26 bits per heavy atom. The smallest absolute Gasteiger partial charge is 0.253 e. The minimum atomic E-state index is 0.0930. The maximum atomic E-state index is 12.8. The topological polar surface area (TPSA) is 61.9 Å². The number of aromatic amines is 1. The zero-order valence-corrected chi connectivity index (χ0v) is 13.0. The van der Waals surface area contributed by atoms with Crippen molar-refractivity contribution in [3.05, 3.63) is 59.5 Å². The molecule has 2 aromatic heterocycles. The van der Waals surface area contributed by atoms with Crippen LogP contribution in [-0.2, 0) is 0 Å². The molecule has 4 rings (SSSR count). The molecule has 0 unspecified atom stereocenters. The molecule has 3 aromatic rings. The van der Waals surface area contributed by atoms with Gasteiger partial charge < -0.3 is 4.90 Å². The van der Waals surface area contributed by atoms with Crippen LogP contribution in [0.25, 0.3) is 10.9 Å². The summed E-state index contributed by atoms with van der Waals surface area (Å²) in [5.41, 5.74) is 3.97. The second kappa shape index (κ2) is 5.50. The summed E-state index contributed by atoms with van der Waals surface area (Å²) in [6.07, 6.45) is 4.59. The molecule has 23 heavy (non-hydrogen) atoms. The third kappa shape index (κ3) is 2.48. The summed E-state index contributed by atoms with van der Waals surface area (Å²) in [5, 5.41) is 8.17. The highest BCUT2D eigenvalue weighted by Crippen LogP contribution is 2.29. The van der Waals surface area contributed by atoms with E-state index in [1.54, 1.807) is 6.20 Å². The largest absolute Gasteiger partial charge is 0.338 e. The van der Waals surface area contributed by atoms with E-state index in [1.165, 1.54) is 5.56 Å². The Morgan fingerprint density at radius 3 is 3.09 bits per heavy atom. The number of aromatic nitrogens is 3. The van der Waals surface area contributed by atoms with Crippen molar-refractivity contribution in [1.29, 1.82) is 0 Å². The van der Waals surface area contributed by atoms with Crippen molar-refractivity contribution in [3.63, 3.8) is 0 Å². The number of nitrogens with one attached hydrogen (secondary N) is 1. The molecule has 5 nitrogen and oxygen atoms in total. The molecule has 1 N–H and O–H groups in total. The molecule has 3 heterocycles. The first kappa shape index (κ1) is 13.9. The molecule has 5 heteroatoms. The predicted molar refractivity (Wildman–Crippen MR) is 88.3 cm³/mol. The van der Waals surface area contributed by atoms with Crippen LogP contribution in [0.15, 0.2) is 42.7 Å². The molecule has 0 radical (unpaired) electrons. The molecule has 1 aliphatic heterocycles. The van der Waals surface area contributed by atoms with Crippen molar-refractivity contribution in [1.82, 2.24) is 20.1 Å². The number of H-pyrrole nitrogens is 1. The van der Waals surface area contributed by atoms with Gasteiger partial charge in [-0.25, -0.2) is 0 Å². The minimum Gasteiger partial charge on any atom is -0.338 e. The van der Waals surface area contributed by atoms with E-state index in [1.807, 2.05) is 41.4 Å². The predicted octanol–water partition coefficient (Wildman–Crippen LogP) is 2.90. The van der Waals surface area contributed by atoms with Crippen molar-refractivity contribution in [2.75, 3.05) is 13.1 Å². The second-order valence-corrected chi connectivity index (χ2v) is 6.11. The lowest BCUT2D eigenvalue weighted by Gasteiger charge is -2.17. The van der Waals surface area contributed by atoms with E-state index in [4.69, 9.17) is 0 Å². The van der Waals surface area contributed by atoms with Crippen molar-refractivity contribution in [3.8, 4) is 0 Å². The first-order chi connectivity index (χ1) is 11.2. The van der Waals surface area contributed by atoms with Crippen LogP contribution in [0.4, 0.5) is 0 Å². The van der Waals surface area contributed by atoms with E-state index in [2.05, 4.69) is 22.1 Å². The van der Waals surface area contributed by atoms with Crippen molar-refractivity contribution >= 4 is 16.8 Å². The molecule has 1 atom stereocenters. The van der Waals surface area contributed by atoms with Crippen LogP contribution in [-0.4, -0.2) is 39.1 Å². The fraction of sp³-hybridized carbons (Fsp3) is 0.278. The lowest BCUT2D eigenvalue weighted by Crippen LogP contribution is -2.28. The summed E-state index contributed by atoms with van der Waals surface area (Å²) >= 11 is 0. The Morgan fingerprint density at radius 1 is 1.35 bits per heavy atom. The Labute approximate surface area is 134 Å². The number of carbonyl (C=O) groups excluding carboxylic acids is 1. The number of pyridine rings is 1. The monoisotopic (exact) mass is 306 g/mol. The maximum absolute atomic E-state index is 12.8. The Kier molecular flexibility index (Phi) is 3.33. The van der Waals surface area contributed by atoms with Gasteiger partial charge in [0, 0.05) is 41.8 Å². The summed E-state index contributed by atoms with van der Waals surface area (Å²) in [6.45, 7) is 3.58. The van der Waals surface area contributed by atoms with E-state index in [-0.39, 0.29) is 5.91 Å². The zero-order chi connectivity index (χ0) is 15.8. The normalized spacial score (nSPS) is 17.8. The van der Waals surface area contributed by atoms with Gasteiger partial charge in [0.15, 0.2) is 0 Å². The van der Waals surface area contributed by atoms with Gasteiger partial charge in [-0.15, -0.1) is 0 Å². The number of rotatable bonds is 2. The summed E-state index contributed by atoms with van der Waals surface area (Å²) in [6, 6.07) is 9.59. The number of carbonyl (C=O) groups is 1. The number of hydrogen-bond acceptors (Lipinski definition) is 3. The molecule has 0 saturated carbocycles. The fourth-order valence-electron chi connectivity index (χ4n) is 3.34. The summed E-state index contributed by atoms with van der Waals surface area (Å²) in [4.78, 5) is 19.0. The zero-order valence-electron chi connectivity index (χ0n) is 13.0. The number of hydrogen-bond donors (Lipinski definition) is 1. The van der Waals surface area contributed by atoms with Gasteiger partial charge in [0.1, 0.15) is 0 Å². The van der Waals surface area contributed by atoms with Crippen LogP contribution in [0.5, 0.6) is 0 Å². The molecule has 1 fully saturated rings. The third-order valence-corrected chi connectivity index (χ3v) is 4.60. The molecule has 116 valence electrons. The molecular weight excluding hydrogens is 288 g/mol. The quantitative estimate of drug-likeness (QED) is 0.792. The van der Waals surface area contributed by atoms with Crippen LogP contribution >= 0.6 is 0 Å². The number of nitrogens with zero attached hydrogens (tertiary/aromatic N) is 3. The average molecular weight is 306 g/mol. The number of amides is 1. The first-order valence-electron chi connectivity index (χ1n) is 7.86. The standard InChI is InChI=1S/C18H18N4O/c1-12-10-20-21-17(12)15-6-8-22(11-15)18(23)14-4-5-16-13(9-14)3-2-7-19-16/h2-5,7,9-10,15H,6,8,11H2,1H3,(H,20,21)/t15-/m1/s1. The van der Waals surface area contributed by atoms with Crippen LogP contribution in [0, 0.1) is 6.92 Å². The van der Waals surface area contributed by atoms with Gasteiger partial charge in [-0.1, -0.05) is 6.07 Å². The van der Waals surface area contributed by atoms with E-state index in [9.17, 15) is 4.79 Å². The Bertz CT molecular complexity index is 870. The van der Waals surface area contributed by atoms with E-state index in [0.29, 0.717) is 5.92 Å². The minimum absolute atomic E-state index is 0.0930. The van der Waals surface area contributed by atoms with E-state index < -0.39 is 0 Å². The Hall–Kier alpha value is -2.69. The highest BCUT2D eigenvalue weighted by Gasteiger charge is 2.29. The average Bonchev–Trinajstić information content (AvgIpc) is 3.22. The molecular formula is C18H18N4O. The van der Waals surface area contributed by atoms with Crippen LogP contribution in [0.2, 0.25) is 0 Å². The molecule has 1 aliphatic rings. The number of aryl methyl sites for hydroxylation is 1. The van der Waals surface area contributed by atoms with Gasteiger partial charge in [0.2, 0.25) is 0 Å². The second-order valence-electron chi connectivity index (χ2n) is 6.11. The third-order valence-electron chi connectivity index (χ3n) is 4.60. The van der Waals surface area contributed by atoms with Crippen molar-refractivity contribution in [2.24, 2.45) is 0 Å². The summed E-state index contributed by atoms with van der Waals surface area (Å²) < 4.78 is 0. The van der Waals surface area contributed by atoms with Gasteiger partial charge in [0.25, 0.3) is 5.91 Å². The van der Waals surface area contributed by atoms with Gasteiger partial charge in [-0.05, 0) is 43.2 Å². The SMILES string of the molecule is Cc1cn[nH]c1[C@@H]1CCN(C(=O)c2ccc3ncccc3c2)C1. The maximum Gasteiger partial charge on any atom is 0.253 e. The molecule has 0 aliphatic carbocycles. The Balaban J connectivity index is 1.56.